The van der Waals surface area contributed by atoms with E-state index >= 15 is 0 Å². The minimum Gasteiger partial charge on any atom is -0.356 e. The standard InChI is InChI=1S/C13H26N2O/c14-10-6-2-5-9-13(16)15-11-12-7-3-1-4-8-12/h12H,1-11,14H2,(H,15,16). The van der Waals surface area contributed by atoms with Crippen molar-refractivity contribution < 1.29 is 4.79 Å². The normalized spacial score (nSPS) is 17.3. The molecule has 1 saturated carbocycles. The summed E-state index contributed by atoms with van der Waals surface area (Å²) >= 11 is 0. The van der Waals surface area contributed by atoms with Crippen LogP contribution in [0.3, 0.4) is 0 Å². The van der Waals surface area contributed by atoms with Gasteiger partial charge < -0.3 is 11.1 Å². The van der Waals surface area contributed by atoms with Crippen molar-refractivity contribution in [3.05, 3.63) is 0 Å². The van der Waals surface area contributed by atoms with E-state index in [0.717, 1.165) is 38.3 Å². The van der Waals surface area contributed by atoms with Gasteiger partial charge in [-0.3, -0.25) is 4.79 Å². The predicted molar refractivity (Wildman–Crippen MR) is 67.1 cm³/mol. The maximum absolute atomic E-state index is 11.5. The quantitative estimate of drug-likeness (QED) is 0.654. The molecule has 1 aliphatic rings. The van der Waals surface area contributed by atoms with Gasteiger partial charge in [0.25, 0.3) is 0 Å². The van der Waals surface area contributed by atoms with Crippen molar-refractivity contribution in [2.45, 2.75) is 57.8 Å². The van der Waals surface area contributed by atoms with Gasteiger partial charge in [0, 0.05) is 13.0 Å². The summed E-state index contributed by atoms with van der Waals surface area (Å²) in [6.45, 7) is 1.64. The van der Waals surface area contributed by atoms with Gasteiger partial charge in [-0.25, -0.2) is 0 Å². The molecule has 0 radical (unpaired) electrons. The topological polar surface area (TPSA) is 55.1 Å². The Labute approximate surface area is 99.2 Å². The summed E-state index contributed by atoms with van der Waals surface area (Å²) < 4.78 is 0. The van der Waals surface area contributed by atoms with Gasteiger partial charge in [-0.15, -0.1) is 0 Å². The minimum atomic E-state index is 0.225. The summed E-state index contributed by atoms with van der Waals surface area (Å²) in [5, 5.41) is 3.06. The lowest BCUT2D eigenvalue weighted by Crippen LogP contribution is -2.30. The van der Waals surface area contributed by atoms with Crippen molar-refractivity contribution >= 4 is 5.91 Å². The molecule has 3 N–H and O–H groups in total. The maximum Gasteiger partial charge on any atom is 0.220 e. The number of rotatable bonds is 7. The molecule has 1 rings (SSSR count). The second kappa shape index (κ2) is 8.57. The summed E-state index contributed by atoms with van der Waals surface area (Å²) in [7, 11) is 0. The Hall–Kier alpha value is -0.570. The highest BCUT2D eigenvalue weighted by Crippen LogP contribution is 2.22. The molecule has 0 unspecified atom stereocenters. The molecule has 1 aliphatic carbocycles. The summed E-state index contributed by atoms with van der Waals surface area (Å²) in [4.78, 5) is 11.5. The number of hydrogen-bond donors (Lipinski definition) is 2. The highest BCUT2D eigenvalue weighted by Gasteiger charge is 2.13. The zero-order chi connectivity index (χ0) is 11.6. The first-order valence-electron chi connectivity index (χ1n) is 6.79. The van der Waals surface area contributed by atoms with Crippen LogP contribution in [0.1, 0.15) is 57.8 Å². The lowest BCUT2D eigenvalue weighted by atomic mass is 9.89. The molecule has 0 spiro atoms. The molecule has 0 aromatic rings. The van der Waals surface area contributed by atoms with Crippen molar-refractivity contribution in [1.29, 1.82) is 0 Å². The zero-order valence-corrected chi connectivity index (χ0v) is 10.3. The highest BCUT2D eigenvalue weighted by atomic mass is 16.1. The Morgan fingerprint density at radius 2 is 1.88 bits per heavy atom. The SMILES string of the molecule is NCCCCCC(=O)NCC1CCCCC1. The molecule has 0 heterocycles. The average Bonchev–Trinajstić information content (AvgIpc) is 2.33. The van der Waals surface area contributed by atoms with Crippen molar-refractivity contribution in [2.75, 3.05) is 13.1 Å². The van der Waals surface area contributed by atoms with Gasteiger partial charge in [0.2, 0.25) is 5.91 Å². The van der Waals surface area contributed by atoms with E-state index in [0.29, 0.717) is 6.42 Å². The van der Waals surface area contributed by atoms with E-state index in [4.69, 9.17) is 5.73 Å². The van der Waals surface area contributed by atoms with Crippen LogP contribution < -0.4 is 11.1 Å². The molecular formula is C13H26N2O. The maximum atomic E-state index is 11.5. The third-order valence-electron chi connectivity index (χ3n) is 3.42. The highest BCUT2D eigenvalue weighted by molar-refractivity contribution is 5.75. The van der Waals surface area contributed by atoms with Crippen LogP contribution in [-0.2, 0) is 4.79 Å². The van der Waals surface area contributed by atoms with Crippen LogP contribution in [0.25, 0.3) is 0 Å². The third-order valence-corrected chi connectivity index (χ3v) is 3.42. The van der Waals surface area contributed by atoms with Gasteiger partial charge in [-0.1, -0.05) is 25.7 Å². The molecule has 0 atom stereocenters. The van der Waals surface area contributed by atoms with Crippen molar-refractivity contribution in [3.63, 3.8) is 0 Å². The van der Waals surface area contributed by atoms with Gasteiger partial charge in [0.05, 0.1) is 0 Å². The van der Waals surface area contributed by atoms with Crippen LogP contribution >= 0.6 is 0 Å². The van der Waals surface area contributed by atoms with E-state index in [-0.39, 0.29) is 5.91 Å². The van der Waals surface area contributed by atoms with Crippen LogP contribution in [-0.4, -0.2) is 19.0 Å². The lowest BCUT2D eigenvalue weighted by molar-refractivity contribution is -0.121. The molecule has 16 heavy (non-hydrogen) atoms. The second-order valence-electron chi connectivity index (χ2n) is 4.91. The van der Waals surface area contributed by atoms with E-state index in [9.17, 15) is 4.79 Å². The number of nitrogens with one attached hydrogen (secondary N) is 1. The van der Waals surface area contributed by atoms with Crippen molar-refractivity contribution in [1.82, 2.24) is 5.32 Å². The molecule has 0 aliphatic heterocycles. The fourth-order valence-electron chi connectivity index (χ4n) is 2.34. The first-order chi connectivity index (χ1) is 7.83. The number of amides is 1. The van der Waals surface area contributed by atoms with Gasteiger partial charge in [-0.05, 0) is 38.1 Å². The predicted octanol–water partition coefficient (Wildman–Crippen LogP) is 2.20. The van der Waals surface area contributed by atoms with Gasteiger partial charge in [0.1, 0.15) is 0 Å². The monoisotopic (exact) mass is 226 g/mol. The Kier molecular flexibility index (Phi) is 7.23. The average molecular weight is 226 g/mol. The number of carbonyl (C=O) groups is 1. The Balaban J connectivity index is 1.96. The second-order valence-corrected chi connectivity index (χ2v) is 4.91. The Morgan fingerprint density at radius 3 is 2.56 bits per heavy atom. The van der Waals surface area contributed by atoms with E-state index in [2.05, 4.69) is 5.32 Å². The molecule has 0 aromatic carbocycles. The van der Waals surface area contributed by atoms with E-state index < -0.39 is 0 Å². The summed E-state index contributed by atoms with van der Waals surface area (Å²) in [5.41, 5.74) is 5.40. The lowest BCUT2D eigenvalue weighted by Gasteiger charge is -2.21. The Bertz CT molecular complexity index is 188. The molecular weight excluding hydrogens is 200 g/mol. The zero-order valence-electron chi connectivity index (χ0n) is 10.3. The van der Waals surface area contributed by atoms with Gasteiger partial charge in [-0.2, -0.15) is 0 Å². The van der Waals surface area contributed by atoms with Crippen molar-refractivity contribution in [2.24, 2.45) is 11.7 Å². The molecule has 1 fully saturated rings. The molecule has 0 bridgehead atoms. The number of carbonyl (C=O) groups excluding carboxylic acids is 1. The molecule has 1 amide bonds. The molecule has 94 valence electrons. The fourth-order valence-corrected chi connectivity index (χ4v) is 2.34. The first-order valence-corrected chi connectivity index (χ1v) is 6.79. The molecule has 3 heteroatoms. The number of nitrogens with two attached hydrogens (primary N) is 1. The summed E-state index contributed by atoms with van der Waals surface area (Å²) in [6, 6.07) is 0. The molecule has 3 nitrogen and oxygen atoms in total. The van der Waals surface area contributed by atoms with Crippen LogP contribution in [0.5, 0.6) is 0 Å². The van der Waals surface area contributed by atoms with Gasteiger partial charge >= 0.3 is 0 Å². The van der Waals surface area contributed by atoms with Crippen LogP contribution in [0.4, 0.5) is 0 Å². The van der Waals surface area contributed by atoms with E-state index in [1.165, 1.54) is 32.1 Å². The smallest absolute Gasteiger partial charge is 0.220 e. The minimum absolute atomic E-state index is 0.225. The van der Waals surface area contributed by atoms with Crippen LogP contribution in [0.2, 0.25) is 0 Å². The molecule has 0 aromatic heterocycles. The molecule has 0 saturated heterocycles. The largest absolute Gasteiger partial charge is 0.356 e. The van der Waals surface area contributed by atoms with Crippen LogP contribution in [0, 0.1) is 5.92 Å². The van der Waals surface area contributed by atoms with Gasteiger partial charge in [0.15, 0.2) is 0 Å². The summed E-state index contributed by atoms with van der Waals surface area (Å²) in [5.74, 6) is 0.962. The number of unbranched alkanes of at least 4 members (excludes halogenated alkanes) is 2. The van der Waals surface area contributed by atoms with E-state index in [1.807, 2.05) is 0 Å². The van der Waals surface area contributed by atoms with Crippen molar-refractivity contribution in [3.8, 4) is 0 Å². The third kappa shape index (κ3) is 6.11. The van der Waals surface area contributed by atoms with E-state index in [1.54, 1.807) is 0 Å². The first kappa shape index (κ1) is 13.5. The fraction of sp³-hybridized carbons (Fsp3) is 0.923. The number of hydrogen-bond acceptors (Lipinski definition) is 2. The van der Waals surface area contributed by atoms with Crippen LogP contribution in [0.15, 0.2) is 0 Å². The Morgan fingerprint density at radius 1 is 1.12 bits per heavy atom. The summed E-state index contributed by atoms with van der Waals surface area (Å²) in [6.07, 6.45) is 10.4.